The number of rotatable bonds is 6. The van der Waals surface area contributed by atoms with Crippen molar-refractivity contribution in [2.75, 3.05) is 18.6 Å². The van der Waals surface area contributed by atoms with Crippen molar-refractivity contribution in [3.05, 3.63) is 35.3 Å². The number of carbonyl (C=O) groups excluding carboxylic acids is 1. The molecular formula is C21H24F5N5O2S. The van der Waals surface area contributed by atoms with Gasteiger partial charge in [-0.3, -0.25) is 9.48 Å². The predicted molar refractivity (Wildman–Crippen MR) is 114 cm³/mol. The van der Waals surface area contributed by atoms with Crippen LogP contribution in [0.15, 0.2) is 27.7 Å². The first-order valence-electron chi connectivity index (χ1n) is 10.7. The first-order chi connectivity index (χ1) is 15.8. The van der Waals surface area contributed by atoms with Crippen LogP contribution in [0.2, 0.25) is 0 Å². The Morgan fingerprint density at radius 3 is 2.59 bits per heavy atom. The standard InChI is InChI=1S/C21H24F5N5O2S/c1-27-34(2,33)15-9-14(6-8-28-15)29-19(32)18-16(21(24,25)26)17(13-3-4-13)30-31(18)11-12-5-7-20(22,23)10-12/h6,8-9,12-13H,3-5,7,10-11H2,1-2H3,(H,28,29,32)/t12-,34-/m0/s1. The van der Waals surface area contributed by atoms with E-state index in [0.29, 0.717) is 12.8 Å². The molecule has 2 aliphatic carbocycles. The molecule has 2 fully saturated rings. The zero-order valence-corrected chi connectivity index (χ0v) is 19.3. The largest absolute Gasteiger partial charge is 0.420 e. The molecule has 0 unspecified atom stereocenters. The highest BCUT2D eigenvalue weighted by Gasteiger charge is 2.47. The van der Waals surface area contributed by atoms with Gasteiger partial charge >= 0.3 is 6.18 Å². The molecule has 186 valence electrons. The Bertz CT molecular complexity index is 1230. The number of nitrogens with one attached hydrogen (secondary N) is 1. The van der Waals surface area contributed by atoms with E-state index in [1.165, 1.54) is 31.6 Å². The molecular weight excluding hydrogens is 481 g/mol. The second kappa shape index (κ2) is 8.58. The van der Waals surface area contributed by atoms with Crippen LogP contribution < -0.4 is 5.32 Å². The molecule has 0 aromatic carbocycles. The molecule has 2 heterocycles. The maximum Gasteiger partial charge on any atom is 0.420 e. The fourth-order valence-electron chi connectivity index (χ4n) is 4.19. The minimum absolute atomic E-state index is 0.0595. The molecule has 0 saturated heterocycles. The van der Waals surface area contributed by atoms with Gasteiger partial charge in [0.2, 0.25) is 5.92 Å². The minimum Gasteiger partial charge on any atom is -0.320 e. The van der Waals surface area contributed by atoms with Crippen LogP contribution >= 0.6 is 0 Å². The summed E-state index contributed by atoms with van der Waals surface area (Å²) in [6, 6.07) is 2.63. The molecule has 2 atom stereocenters. The van der Waals surface area contributed by atoms with Gasteiger partial charge in [-0.25, -0.2) is 22.3 Å². The number of carbonyl (C=O) groups is 1. The summed E-state index contributed by atoms with van der Waals surface area (Å²) in [5, 5.41) is 6.57. The molecule has 2 aromatic rings. The lowest BCUT2D eigenvalue weighted by Gasteiger charge is -2.15. The van der Waals surface area contributed by atoms with E-state index in [4.69, 9.17) is 0 Å². The predicted octanol–water partition coefficient (Wildman–Crippen LogP) is 4.95. The van der Waals surface area contributed by atoms with Gasteiger partial charge in [-0.15, -0.1) is 0 Å². The number of pyridine rings is 1. The second-order valence-electron chi connectivity index (χ2n) is 8.85. The average Bonchev–Trinajstić information content (AvgIpc) is 3.43. The van der Waals surface area contributed by atoms with Gasteiger partial charge in [0.05, 0.1) is 15.4 Å². The Hall–Kier alpha value is -2.57. The third-order valence-electron chi connectivity index (χ3n) is 6.11. The Labute approximate surface area is 193 Å². The zero-order chi connectivity index (χ0) is 24.9. The normalized spacial score (nSPS) is 21.8. The molecule has 0 spiro atoms. The van der Waals surface area contributed by atoms with Gasteiger partial charge in [0.25, 0.3) is 5.91 Å². The smallest absolute Gasteiger partial charge is 0.320 e. The van der Waals surface area contributed by atoms with E-state index < -0.39 is 57.2 Å². The molecule has 34 heavy (non-hydrogen) atoms. The van der Waals surface area contributed by atoms with E-state index in [1.807, 2.05) is 0 Å². The SMILES string of the molecule is CN=[S@@](C)(=O)c1cc(NC(=O)c2c(C(F)(F)F)c(C3CC3)nn2C[C@H]2CCC(F)(F)C2)ccn1. The Morgan fingerprint density at radius 1 is 1.32 bits per heavy atom. The van der Waals surface area contributed by atoms with Crippen molar-refractivity contribution in [2.24, 2.45) is 10.3 Å². The monoisotopic (exact) mass is 505 g/mol. The highest BCUT2D eigenvalue weighted by Crippen LogP contribution is 2.47. The van der Waals surface area contributed by atoms with Crippen LogP contribution in [0.4, 0.5) is 27.6 Å². The van der Waals surface area contributed by atoms with Gasteiger partial charge in [-0.05, 0) is 37.3 Å². The van der Waals surface area contributed by atoms with Crippen LogP contribution in [0.5, 0.6) is 0 Å². The Kier molecular flexibility index (Phi) is 6.19. The van der Waals surface area contributed by atoms with Crippen LogP contribution in [-0.4, -0.2) is 44.1 Å². The quantitative estimate of drug-likeness (QED) is 0.563. The number of amides is 1. The van der Waals surface area contributed by atoms with E-state index >= 15 is 0 Å². The molecule has 13 heteroatoms. The number of hydrogen-bond acceptors (Lipinski definition) is 5. The lowest BCUT2D eigenvalue weighted by molar-refractivity contribution is -0.138. The van der Waals surface area contributed by atoms with Gasteiger partial charge < -0.3 is 5.32 Å². The van der Waals surface area contributed by atoms with Crippen LogP contribution in [-0.2, 0) is 22.5 Å². The first kappa shape index (κ1) is 24.6. The van der Waals surface area contributed by atoms with Gasteiger partial charge in [0, 0.05) is 50.5 Å². The number of anilines is 1. The van der Waals surface area contributed by atoms with E-state index in [9.17, 15) is 31.0 Å². The van der Waals surface area contributed by atoms with Crippen molar-refractivity contribution in [3.63, 3.8) is 0 Å². The molecule has 2 saturated carbocycles. The number of aromatic nitrogens is 3. The molecule has 2 aliphatic rings. The van der Waals surface area contributed by atoms with Crippen molar-refractivity contribution in [2.45, 2.75) is 61.7 Å². The lowest BCUT2D eigenvalue weighted by atomic mass is 10.1. The summed E-state index contributed by atoms with van der Waals surface area (Å²) in [4.78, 5) is 17.1. The maximum absolute atomic E-state index is 14.1. The summed E-state index contributed by atoms with van der Waals surface area (Å²) in [7, 11) is -1.50. The number of halogens is 5. The van der Waals surface area contributed by atoms with Crippen molar-refractivity contribution >= 4 is 21.3 Å². The molecule has 2 aromatic heterocycles. The van der Waals surface area contributed by atoms with Crippen molar-refractivity contribution in [1.82, 2.24) is 14.8 Å². The second-order valence-corrected chi connectivity index (χ2v) is 11.2. The van der Waals surface area contributed by atoms with Gasteiger partial charge in [0.1, 0.15) is 16.3 Å². The van der Waals surface area contributed by atoms with Crippen molar-refractivity contribution in [3.8, 4) is 0 Å². The van der Waals surface area contributed by atoms with Gasteiger partial charge in [-0.1, -0.05) is 0 Å². The third kappa shape index (κ3) is 5.08. The summed E-state index contributed by atoms with van der Waals surface area (Å²) in [5.41, 5.74) is -1.98. The fraction of sp³-hybridized carbons (Fsp3) is 0.571. The van der Waals surface area contributed by atoms with Crippen LogP contribution in [0, 0.1) is 5.92 Å². The maximum atomic E-state index is 14.1. The molecule has 7 nitrogen and oxygen atoms in total. The topological polar surface area (TPSA) is 89.2 Å². The number of hydrogen-bond donors (Lipinski definition) is 1. The molecule has 0 radical (unpaired) electrons. The van der Waals surface area contributed by atoms with E-state index in [1.54, 1.807) is 0 Å². The molecule has 1 amide bonds. The summed E-state index contributed by atoms with van der Waals surface area (Å²) < 4.78 is 86.8. The van der Waals surface area contributed by atoms with Crippen LogP contribution in [0.1, 0.15) is 59.8 Å². The summed E-state index contributed by atoms with van der Waals surface area (Å²) in [5.74, 6) is -4.97. The summed E-state index contributed by atoms with van der Waals surface area (Å²) in [6.45, 7) is -0.215. The third-order valence-corrected chi connectivity index (χ3v) is 7.80. The van der Waals surface area contributed by atoms with Crippen LogP contribution in [0.3, 0.4) is 0 Å². The van der Waals surface area contributed by atoms with Gasteiger partial charge in [-0.2, -0.15) is 18.3 Å². The van der Waals surface area contributed by atoms with Crippen molar-refractivity contribution < 1.29 is 31.0 Å². The number of nitrogens with zero attached hydrogens (tertiary/aromatic N) is 4. The van der Waals surface area contributed by atoms with E-state index in [0.717, 1.165) is 4.68 Å². The van der Waals surface area contributed by atoms with Crippen LogP contribution in [0.25, 0.3) is 0 Å². The molecule has 4 rings (SSSR count). The zero-order valence-electron chi connectivity index (χ0n) is 18.5. The summed E-state index contributed by atoms with van der Waals surface area (Å²) >= 11 is 0. The molecule has 1 N–H and O–H groups in total. The highest BCUT2D eigenvalue weighted by atomic mass is 32.2. The fourth-order valence-corrected chi connectivity index (χ4v) is 4.97. The Morgan fingerprint density at radius 2 is 2.03 bits per heavy atom. The molecule has 0 bridgehead atoms. The van der Waals surface area contributed by atoms with Crippen molar-refractivity contribution in [1.29, 1.82) is 0 Å². The average molecular weight is 506 g/mol. The highest BCUT2D eigenvalue weighted by molar-refractivity contribution is 7.92. The summed E-state index contributed by atoms with van der Waals surface area (Å²) in [6.07, 6.45) is -1.90. The number of alkyl halides is 5. The first-order valence-corrected chi connectivity index (χ1v) is 12.7. The minimum atomic E-state index is -4.86. The van der Waals surface area contributed by atoms with Gasteiger partial charge in [0.15, 0.2) is 0 Å². The van der Waals surface area contributed by atoms with E-state index in [2.05, 4.69) is 19.8 Å². The lowest BCUT2D eigenvalue weighted by Crippen LogP contribution is -2.24. The van der Waals surface area contributed by atoms with E-state index in [-0.39, 0.29) is 35.8 Å². The molecule has 0 aliphatic heterocycles. The Balaban J connectivity index is 1.73.